The highest BCUT2D eigenvalue weighted by Crippen LogP contribution is 2.22. The van der Waals surface area contributed by atoms with Crippen LogP contribution in [0.25, 0.3) is 0 Å². The topological polar surface area (TPSA) is 258 Å². The number of rotatable bonds is 28. The molecule has 0 spiro atoms. The van der Waals surface area contributed by atoms with Gasteiger partial charge in [0.1, 0.15) is 42.3 Å². The van der Waals surface area contributed by atoms with Crippen LogP contribution in [0, 0.1) is 41.4 Å². The zero-order valence-electron chi connectivity index (χ0n) is 41.5. The predicted molar refractivity (Wildman–Crippen MR) is 248 cm³/mol. The number of amides is 7. The van der Waals surface area contributed by atoms with Crippen LogP contribution in [0.2, 0.25) is 0 Å². The number of nitrogens with one attached hydrogen (secondary N) is 6. The molecule has 1 saturated heterocycles. The minimum absolute atomic E-state index is 0.00746. The van der Waals surface area contributed by atoms with Crippen molar-refractivity contribution in [3.05, 3.63) is 0 Å². The lowest BCUT2D eigenvalue weighted by molar-refractivity contribution is -0.145. The van der Waals surface area contributed by atoms with E-state index >= 15 is 0 Å². The van der Waals surface area contributed by atoms with Crippen LogP contribution >= 0.6 is 0 Å². The van der Waals surface area contributed by atoms with Gasteiger partial charge in [0.2, 0.25) is 41.4 Å². The van der Waals surface area contributed by atoms with E-state index in [-0.39, 0.29) is 80.1 Å². The lowest BCUT2D eigenvalue weighted by Crippen LogP contribution is -2.60. The summed E-state index contributed by atoms with van der Waals surface area (Å²) in [6.07, 6.45) is 2.73. The Kier molecular flexibility index (Phi) is 25.2. The Hall–Kier alpha value is -4.28. The summed E-state index contributed by atoms with van der Waals surface area (Å²) in [5.74, 6) is -5.01. The highest BCUT2D eigenvalue weighted by atomic mass is 16.4. The first-order valence-electron chi connectivity index (χ1n) is 23.7. The molecule has 0 bridgehead atoms. The molecule has 0 aromatic carbocycles. The van der Waals surface area contributed by atoms with E-state index in [1.165, 1.54) is 4.90 Å². The van der Waals surface area contributed by atoms with Crippen LogP contribution in [0.5, 0.6) is 0 Å². The molecule has 1 aliphatic rings. The van der Waals surface area contributed by atoms with Crippen LogP contribution < -0.4 is 37.6 Å². The molecule has 17 nitrogen and oxygen atoms in total. The average molecular weight is 907 g/mol. The maximum Gasteiger partial charge on any atom is 0.326 e. The van der Waals surface area contributed by atoms with E-state index in [0.29, 0.717) is 25.7 Å². The minimum atomic E-state index is -1.16. The number of hydrogen-bond donors (Lipinski definition) is 8. The normalized spacial score (nSPS) is 17.5. The van der Waals surface area contributed by atoms with Crippen LogP contribution in [0.1, 0.15) is 155 Å². The maximum atomic E-state index is 14.2. The standard InChI is InChI=1S/C47H86N8O9/c1-25(2)18-32(48)40(56)49-33(19-26(3)4)41(57)50-34(20-27(5)6)42(58)51-35(21-28(7)8)43(59)52-36(22-29(9)10)44(60)53-37(23-30(11)12)46(62)55-17-15-16-39(55)45(61)54-38(47(63)64)24-31(13)14/h25-39H,15-24,48H2,1-14H3,(H,49,56)(H,50,57)(H,51,58)(H,52,59)(H,53,60)(H,54,61)(H,63,64)/t32-,33-,34-,35-,36-,37-,38-,39-/m0/s1. The third kappa shape index (κ3) is 21.1. The average Bonchev–Trinajstić information content (AvgIpc) is 3.65. The van der Waals surface area contributed by atoms with E-state index in [1.807, 2.05) is 96.9 Å². The molecule has 9 N–H and O–H groups in total. The molecule has 0 saturated carbocycles. The van der Waals surface area contributed by atoms with Crippen LogP contribution in [-0.2, 0) is 38.4 Å². The zero-order chi connectivity index (χ0) is 49.2. The van der Waals surface area contributed by atoms with Crippen LogP contribution in [0.15, 0.2) is 0 Å². The lowest BCUT2D eigenvalue weighted by atomic mass is 9.97. The third-order valence-electron chi connectivity index (χ3n) is 10.9. The molecule has 1 rings (SSSR count). The number of carboxylic acids is 1. The Morgan fingerprint density at radius 1 is 0.453 bits per heavy atom. The molecule has 1 heterocycles. The molecular weight excluding hydrogens is 821 g/mol. The van der Waals surface area contributed by atoms with Crippen molar-refractivity contribution in [1.82, 2.24) is 36.8 Å². The molecule has 0 aromatic heterocycles. The monoisotopic (exact) mass is 907 g/mol. The van der Waals surface area contributed by atoms with E-state index in [0.717, 1.165) is 0 Å². The molecule has 64 heavy (non-hydrogen) atoms. The number of carbonyl (C=O) groups is 8. The van der Waals surface area contributed by atoms with Crippen molar-refractivity contribution in [1.29, 1.82) is 0 Å². The molecule has 1 fully saturated rings. The van der Waals surface area contributed by atoms with Gasteiger partial charge < -0.3 is 47.6 Å². The summed E-state index contributed by atoms with van der Waals surface area (Å²) in [4.78, 5) is 110. The van der Waals surface area contributed by atoms with Crippen molar-refractivity contribution < 1.29 is 43.5 Å². The molecule has 368 valence electrons. The second-order valence-electron chi connectivity index (χ2n) is 20.9. The number of nitrogens with two attached hydrogens (primary N) is 1. The first-order chi connectivity index (χ1) is 29.6. The number of nitrogens with zero attached hydrogens (tertiary/aromatic N) is 1. The SMILES string of the molecule is CC(C)C[C@H](NC(=O)[C@@H]1CCCN1C(=O)[C@H](CC(C)C)NC(=O)[C@H](CC(C)C)NC(=O)[C@H](CC(C)C)NC(=O)[C@H](CC(C)C)NC(=O)[C@H](CC(C)C)NC(=O)[C@@H](N)CC(C)C)C(=O)O. The van der Waals surface area contributed by atoms with E-state index in [9.17, 15) is 43.5 Å². The fourth-order valence-electron chi connectivity index (χ4n) is 7.95. The Balaban J connectivity index is 3.37. The predicted octanol–water partition coefficient (Wildman–Crippen LogP) is 3.62. The Bertz CT molecular complexity index is 1550. The first-order valence-corrected chi connectivity index (χ1v) is 23.7. The Morgan fingerprint density at radius 3 is 1.08 bits per heavy atom. The van der Waals surface area contributed by atoms with E-state index in [2.05, 4.69) is 31.9 Å². The molecule has 1 aliphatic heterocycles. The highest BCUT2D eigenvalue weighted by molar-refractivity contribution is 5.97. The second-order valence-corrected chi connectivity index (χ2v) is 20.9. The Labute approximate surface area is 383 Å². The van der Waals surface area contributed by atoms with Crippen molar-refractivity contribution >= 4 is 47.3 Å². The summed E-state index contributed by atoms with van der Waals surface area (Å²) in [5, 5.41) is 26.5. The van der Waals surface area contributed by atoms with Gasteiger partial charge in [-0.2, -0.15) is 0 Å². The summed E-state index contributed by atoms with van der Waals surface area (Å²) in [6.45, 7) is 26.9. The first kappa shape index (κ1) is 57.7. The molecular formula is C47H86N8O9. The molecule has 0 radical (unpaired) electrons. The smallest absolute Gasteiger partial charge is 0.326 e. The van der Waals surface area contributed by atoms with Crippen LogP contribution in [0.4, 0.5) is 0 Å². The maximum absolute atomic E-state index is 14.2. The molecule has 17 heteroatoms. The fourth-order valence-corrected chi connectivity index (χ4v) is 7.95. The summed E-state index contributed by atoms with van der Waals surface area (Å²) in [7, 11) is 0. The van der Waals surface area contributed by atoms with Gasteiger partial charge in [-0.3, -0.25) is 33.6 Å². The fraction of sp³-hybridized carbons (Fsp3) is 0.830. The molecule has 0 aliphatic carbocycles. The van der Waals surface area contributed by atoms with E-state index in [1.54, 1.807) is 0 Å². The van der Waals surface area contributed by atoms with Gasteiger partial charge in [-0.15, -0.1) is 0 Å². The van der Waals surface area contributed by atoms with Crippen molar-refractivity contribution in [2.45, 2.75) is 203 Å². The second kappa shape index (κ2) is 27.9. The van der Waals surface area contributed by atoms with Gasteiger partial charge in [0, 0.05) is 6.54 Å². The molecule has 7 amide bonds. The van der Waals surface area contributed by atoms with Gasteiger partial charge >= 0.3 is 5.97 Å². The van der Waals surface area contributed by atoms with Gasteiger partial charge in [0.15, 0.2) is 0 Å². The number of carbonyl (C=O) groups excluding carboxylic acids is 7. The van der Waals surface area contributed by atoms with Crippen molar-refractivity contribution in [3.8, 4) is 0 Å². The number of hydrogen-bond acceptors (Lipinski definition) is 9. The van der Waals surface area contributed by atoms with Crippen molar-refractivity contribution in [3.63, 3.8) is 0 Å². The lowest BCUT2D eigenvalue weighted by Gasteiger charge is -2.32. The largest absolute Gasteiger partial charge is 0.480 e. The highest BCUT2D eigenvalue weighted by Gasteiger charge is 2.40. The van der Waals surface area contributed by atoms with Crippen molar-refractivity contribution in [2.24, 2.45) is 47.2 Å². The van der Waals surface area contributed by atoms with Gasteiger partial charge in [0.05, 0.1) is 6.04 Å². The summed E-state index contributed by atoms with van der Waals surface area (Å²) in [6, 6.07) is -8.05. The number of likely N-dealkylation sites (tertiary alicyclic amines) is 1. The van der Waals surface area contributed by atoms with Gasteiger partial charge in [-0.1, -0.05) is 96.9 Å². The van der Waals surface area contributed by atoms with Gasteiger partial charge in [-0.05, 0) is 99.2 Å². The summed E-state index contributed by atoms with van der Waals surface area (Å²) >= 11 is 0. The van der Waals surface area contributed by atoms with Crippen molar-refractivity contribution in [2.75, 3.05) is 6.54 Å². The van der Waals surface area contributed by atoms with E-state index in [4.69, 9.17) is 5.73 Å². The minimum Gasteiger partial charge on any atom is -0.480 e. The Morgan fingerprint density at radius 2 is 0.750 bits per heavy atom. The van der Waals surface area contributed by atoms with Gasteiger partial charge in [0.25, 0.3) is 0 Å². The van der Waals surface area contributed by atoms with Crippen LogP contribution in [-0.4, -0.2) is 112 Å². The van der Waals surface area contributed by atoms with Gasteiger partial charge in [-0.25, -0.2) is 4.79 Å². The molecule has 0 aromatic rings. The quantitative estimate of drug-likeness (QED) is 0.0566. The summed E-state index contributed by atoms with van der Waals surface area (Å²) in [5.41, 5.74) is 6.13. The number of carboxylic acid groups (broad SMARTS) is 1. The summed E-state index contributed by atoms with van der Waals surface area (Å²) < 4.78 is 0. The molecule has 0 unspecified atom stereocenters. The van der Waals surface area contributed by atoms with E-state index < -0.39 is 95.7 Å². The molecule has 8 atom stereocenters. The third-order valence-corrected chi connectivity index (χ3v) is 10.9. The van der Waals surface area contributed by atoms with Crippen LogP contribution in [0.3, 0.4) is 0 Å². The zero-order valence-corrected chi connectivity index (χ0v) is 41.5. The number of aliphatic carboxylic acids is 1.